The number of rotatable bonds is 13. The fourth-order valence-electron chi connectivity index (χ4n) is 5.67. The Balaban J connectivity index is 1.48. The van der Waals surface area contributed by atoms with Gasteiger partial charge in [-0.25, -0.2) is 0 Å². The summed E-state index contributed by atoms with van der Waals surface area (Å²) in [6.45, 7) is 1.03. The minimum atomic E-state index is -0.747. The van der Waals surface area contributed by atoms with E-state index < -0.39 is 18.1 Å². The average Bonchev–Trinajstić information content (AvgIpc) is 3.19. The first-order valence-electron chi connectivity index (χ1n) is 15.3. The molecule has 9 N–H and O–H groups in total. The summed E-state index contributed by atoms with van der Waals surface area (Å²) in [4.78, 5) is 41.9. The Kier molecular flexibility index (Phi) is 12.1. The summed E-state index contributed by atoms with van der Waals surface area (Å²) in [7, 11) is 1.58. The molecule has 4 atom stereocenters. The van der Waals surface area contributed by atoms with Crippen molar-refractivity contribution in [1.82, 2.24) is 26.2 Å². The van der Waals surface area contributed by atoms with Gasteiger partial charge in [0, 0.05) is 44.2 Å². The number of guanidine groups is 1. The number of fused-ring (bicyclic) bond motifs is 1. The Hall–Kier alpha value is -4.19. The van der Waals surface area contributed by atoms with Gasteiger partial charge >= 0.3 is 0 Å². The van der Waals surface area contributed by atoms with Crippen LogP contribution in [0.2, 0.25) is 5.02 Å². The quantitative estimate of drug-likeness (QED) is 0.0849. The molecule has 0 bridgehead atoms. The number of benzene rings is 3. The van der Waals surface area contributed by atoms with Gasteiger partial charge in [0.1, 0.15) is 6.04 Å². The maximum Gasteiger partial charge on any atom is 0.242 e. The van der Waals surface area contributed by atoms with Gasteiger partial charge in [-0.3, -0.25) is 19.8 Å². The average molecular weight is 635 g/mol. The molecule has 0 radical (unpaired) electrons. The van der Waals surface area contributed by atoms with Gasteiger partial charge in [0.2, 0.25) is 17.7 Å². The molecule has 4 rings (SSSR count). The van der Waals surface area contributed by atoms with Gasteiger partial charge in [-0.15, -0.1) is 0 Å². The monoisotopic (exact) mass is 634 g/mol. The van der Waals surface area contributed by atoms with Gasteiger partial charge in [-0.05, 0) is 59.7 Å². The van der Waals surface area contributed by atoms with Crippen molar-refractivity contribution in [2.75, 3.05) is 26.7 Å². The number of nitrogens with one attached hydrogen (secondary N) is 5. The van der Waals surface area contributed by atoms with E-state index in [0.717, 1.165) is 21.9 Å². The first-order valence-corrected chi connectivity index (χ1v) is 15.6. The molecule has 1 fully saturated rings. The molecule has 0 spiro atoms. The van der Waals surface area contributed by atoms with Crippen LogP contribution in [-0.4, -0.2) is 79.4 Å². The number of carbonyl (C=O) groups excluding carboxylic acids is 3. The van der Waals surface area contributed by atoms with Crippen molar-refractivity contribution in [2.24, 2.45) is 11.5 Å². The molecular weight excluding hydrogens is 592 g/mol. The zero-order valence-corrected chi connectivity index (χ0v) is 26.3. The lowest BCUT2D eigenvalue weighted by Crippen LogP contribution is -2.54. The van der Waals surface area contributed by atoms with E-state index in [1.54, 1.807) is 24.1 Å². The third kappa shape index (κ3) is 9.65. The molecule has 240 valence electrons. The summed E-state index contributed by atoms with van der Waals surface area (Å²) in [5.41, 5.74) is 13.5. The number of amides is 3. The van der Waals surface area contributed by atoms with Crippen LogP contribution in [0.4, 0.5) is 0 Å². The molecule has 3 aromatic carbocycles. The van der Waals surface area contributed by atoms with Crippen molar-refractivity contribution < 1.29 is 14.4 Å². The molecule has 11 nitrogen and oxygen atoms in total. The van der Waals surface area contributed by atoms with E-state index in [9.17, 15) is 14.4 Å². The molecule has 0 aromatic heterocycles. The molecule has 0 unspecified atom stereocenters. The first-order chi connectivity index (χ1) is 21.6. The van der Waals surface area contributed by atoms with Gasteiger partial charge in [-0.2, -0.15) is 0 Å². The number of hydrogen-bond donors (Lipinski definition) is 7. The smallest absolute Gasteiger partial charge is 0.242 e. The summed E-state index contributed by atoms with van der Waals surface area (Å²) >= 11 is 5.97. The summed E-state index contributed by atoms with van der Waals surface area (Å²) in [6.07, 6.45) is 2.26. The SMILES string of the molecule is CNC(=O)[C@H](Cc1ccc2ccccc2c1)N1CC[C@H](CNC(=O)[C@H](N)Cc2ccc(Cl)cc2)N[C@@H](CCCNC(=N)N)C1=O. The van der Waals surface area contributed by atoms with Crippen molar-refractivity contribution in [2.45, 2.75) is 56.3 Å². The van der Waals surface area contributed by atoms with Gasteiger partial charge in [0.05, 0.1) is 12.1 Å². The normalized spacial score (nSPS) is 18.1. The number of hydrogen-bond acceptors (Lipinski definition) is 6. The van der Waals surface area contributed by atoms with Crippen molar-refractivity contribution in [3.63, 3.8) is 0 Å². The highest BCUT2D eigenvalue weighted by atomic mass is 35.5. The molecule has 1 heterocycles. The van der Waals surface area contributed by atoms with E-state index in [1.807, 2.05) is 48.5 Å². The highest BCUT2D eigenvalue weighted by molar-refractivity contribution is 6.30. The molecule has 12 heteroatoms. The zero-order valence-electron chi connectivity index (χ0n) is 25.5. The second-order valence-corrected chi connectivity index (χ2v) is 11.9. The standard InChI is InChI=1S/C33H43ClN8O3/c1-38-31(44)29(19-22-8-11-23-5-2-3-6-24(23)17-22)42-16-14-26(41-28(32(42)45)7-4-15-39-33(36)37)20-40-30(43)27(35)18-21-9-12-25(34)13-10-21/h2-3,5-6,8-13,17,26-29,41H,4,7,14-16,18-20,35H2,1H3,(H,38,44)(H,40,43)(H4,36,37,39)/t26-,27-,28+,29+/m1/s1. The summed E-state index contributed by atoms with van der Waals surface area (Å²) in [5, 5.41) is 22.1. The predicted octanol–water partition coefficient (Wildman–Crippen LogP) is 1.66. The minimum absolute atomic E-state index is 0.137. The van der Waals surface area contributed by atoms with Crippen molar-refractivity contribution >= 4 is 46.1 Å². The second kappa shape index (κ2) is 16.2. The lowest BCUT2D eigenvalue weighted by atomic mass is 9.99. The van der Waals surface area contributed by atoms with E-state index in [1.165, 1.54) is 0 Å². The number of carbonyl (C=O) groups is 3. The number of likely N-dealkylation sites (N-methyl/N-ethyl adjacent to an activating group) is 1. The van der Waals surface area contributed by atoms with Crippen molar-refractivity contribution in [1.29, 1.82) is 5.41 Å². The topological polar surface area (TPSA) is 178 Å². The predicted molar refractivity (Wildman–Crippen MR) is 178 cm³/mol. The van der Waals surface area contributed by atoms with E-state index >= 15 is 0 Å². The molecule has 0 aliphatic carbocycles. The van der Waals surface area contributed by atoms with Gasteiger partial charge in [0.15, 0.2) is 5.96 Å². The van der Waals surface area contributed by atoms with Crippen LogP contribution in [0, 0.1) is 5.41 Å². The van der Waals surface area contributed by atoms with Crippen LogP contribution in [0.5, 0.6) is 0 Å². The summed E-state index contributed by atoms with van der Waals surface area (Å²) in [6, 6.07) is 19.0. The maximum atomic E-state index is 14.0. The Labute approximate surface area is 268 Å². The molecule has 1 aliphatic rings. The molecule has 1 aliphatic heterocycles. The summed E-state index contributed by atoms with van der Waals surface area (Å²) < 4.78 is 0. The van der Waals surface area contributed by atoms with Crippen LogP contribution in [0.1, 0.15) is 30.4 Å². The Morgan fingerprint density at radius 3 is 2.44 bits per heavy atom. The molecule has 3 amide bonds. The van der Waals surface area contributed by atoms with Gasteiger partial charge in [0.25, 0.3) is 0 Å². The number of halogens is 1. The van der Waals surface area contributed by atoms with Crippen molar-refractivity contribution in [3.05, 3.63) is 82.9 Å². The van der Waals surface area contributed by atoms with Gasteiger partial charge in [-0.1, -0.05) is 66.2 Å². The fraction of sp³-hybridized carbons (Fsp3) is 0.394. The van der Waals surface area contributed by atoms with E-state index in [0.29, 0.717) is 50.2 Å². The summed E-state index contributed by atoms with van der Waals surface area (Å²) in [5.74, 6) is -0.850. The maximum absolute atomic E-state index is 14.0. The molecule has 0 saturated carbocycles. The largest absolute Gasteiger partial charge is 0.370 e. The Morgan fingerprint density at radius 2 is 1.73 bits per heavy atom. The Bertz CT molecular complexity index is 1480. The highest BCUT2D eigenvalue weighted by Gasteiger charge is 2.37. The third-order valence-corrected chi connectivity index (χ3v) is 8.37. The van der Waals surface area contributed by atoms with E-state index in [2.05, 4.69) is 27.3 Å². The van der Waals surface area contributed by atoms with Crippen LogP contribution in [0.25, 0.3) is 10.8 Å². The van der Waals surface area contributed by atoms with E-state index in [-0.39, 0.29) is 36.3 Å². The molecular formula is C33H43ClN8O3. The van der Waals surface area contributed by atoms with Crippen LogP contribution >= 0.6 is 11.6 Å². The first kappa shape index (κ1) is 33.7. The second-order valence-electron chi connectivity index (χ2n) is 11.4. The van der Waals surface area contributed by atoms with E-state index in [4.69, 9.17) is 28.5 Å². The van der Waals surface area contributed by atoms with Crippen LogP contribution in [-0.2, 0) is 27.2 Å². The van der Waals surface area contributed by atoms with Crippen LogP contribution in [0.3, 0.4) is 0 Å². The third-order valence-electron chi connectivity index (χ3n) is 8.12. The van der Waals surface area contributed by atoms with Crippen LogP contribution < -0.4 is 32.7 Å². The molecule has 3 aromatic rings. The van der Waals surface area contributed by atoms with Crippen LogP contribution in [0.15, 0.2) is 66.7 Å². The number of nitrogens with two attached hydrogens (primary N) is 2. The highest BCUT2D eigenvalue weighted by Crippen LogP contribution is 2.21. The van der Waals surface area contributed by atoms with Gasteiger partial charge < -0.3 is 37.6 Å². The molecule has 1 saturated heterocycles. The Morgan fingerprint density at radius 1 is 1.02 bits per heavy atom. The zero-order chi connectivity index (χ0) is 32.3. The van der Waals surface area contributed by atoms with Crippen molar-refractivity contribution in [3.8, 4) is 0 Å². The number of nitrogens with zero attached hydrogens (tertiary/aromatic N) is 1. The molecule has 45 heavy (non-hydrogen) atoms. The lowest BCUT2D eigenvalue weighted by Gasteiger charge is -2.31. The fourth-order valence-corrected chi connectivity index (χ4v) is 5.80. The minimum Gasteiger partial charge on any atom is -0.370 e. The lowest BCUT2D eigenvalue weighted by molar-refractivity contribution is -0.141.